The van der Waals surface area contributed by atoms with Crippen molar-refractivity contribution in [2.45, 2.75) is 65.2 Å². The highest BCUT2D eigenvalue weighted by atomic mass is 32.1. The zero-order chi connectivity index (χ0) is 14.7. The maximum Gasteiger partial charge on any atom is 0.191 e. The second kappa shape index (κ2) is 6.37. The summed E-state index contributed by atoms with van der Waals surface area (Å²) in [6.07, 6.45) is 1.02. The van der Waals surface area contributed by atoms with E-state index < -0.39 is 8.32 Å². The molecule has 3 nitrogen and oxygen atoms in total. The first kappa shape index (κ1) is 16.7. The Kier molecular flexibility index (Phi) is 5.59. The zero-order valence-electron chi connectivity index (χ0n) is 13.3. The van der Waals surface area contributed by atoms with Crippen molar-refractivity contribution in [3.05, 3.63) is 11.1 Å². The van der Waals surface area contributed by atoms with Gasteiger partial charge < -0.3 is 9.74 Å². The SMILES string of the molecule is Cc1csc(NC(C)CCO[Si](C)(C)C(C)(C)C)n1. The third kappa shape index (κ3) is 5.24. The van der Waals surface area contributed by atoms with Crippen molar-refractivity contribution in [2.75, 3.05) is 11.9 Å². The molecular formula is C14H28N2OSSi. The molecule has 0 saturated heterocycles. The maximum absolute atomic E-state index is 6.19. The fraction of sp³-hybridized carbons (Fsp3) is 0.786. The fourth-order valence-electron chi connectivity index (χ4n) is 1.41. The molecule has 0 bridgehead atoms. The average Bonchev–Trinajstić information content (AvgIpc) is 2.61. The van der Waals surface area contributed by atoms with Gasteiger partial charge in [-0.25, -0.2) is 4.98 Å². The van der Waals surface area contributed by atoms with Gasteiger partial charge in [-0.2, -0.15) is 0 Å². The Labute approximate surface area is 122 Å². The minimum Gasteiger partial charge on any atom is -0.417 e. The molecule has 0 aliphatic heterocycles. The molecule has 0 fully saturated rings. The lowest BCUT2D eigenvalue weighted by Crippen LogP contribution is -2.41. The van der Waals surface area contributed by atoms with E-state index in [-0.39, 0.29) is 5.04 Å². The maximum atomic E-state index is 6.19. The molecule has 1 rings (SSSR count). The highest BCUT2D eigenvalue weighted by molar-refractivity contribution is 7.13. The van der Waals surface area contributed by atoms with Crippen LogP contribution in [-0.4, -0.2) is 26.0 Å². The molecule has 1 unspecified atom stereocenters. The van der Waals surface area contributed by atoms with E-state index in [1.165, 1.54) is 0 Å². The summed E-state index contributed by atoms with van der Waals surface area (Å²) in [5.74, 6) is 0. The molecule has 1 N–H and O–H groups in total. The molecule has 1 aromatic rings. The number of nitrogens with one attached hydrogen (secondary N) is 1. The van der Waals surface area contributed by atoms with Gasteiger partial charge >= 0.3 is 0 Å². The van der Waals surface area contributed by atoms with Gasteiger partial charge in [-0.05, 0) is 38.4 Å². The number of nitrogens with zero attached hydrogens (tertiary/aromatic N) is 1. The van der Waals surface area contributed by atoms with Crippen molar-refractivity contribution in [1.29, 1.82) is 0 Å². The van der Waals surface area contributed by atoms with Crippen LogP contribution in [0.2, 0.25) is 18.1 Å². The molecule has 0 aromatic carbocycles. The van der Waals surface area contributed by atoms with Crippen LogP contribution in [0.15, 0.2) is 5.38 Å². The number of aromatic nitrogens is 1. The summed E-state index contributed by atoms with van der Waals surface area (Å²) in [5, 5.41) is 6.80. The zero-order valence-corrected chi connectivity index (χ0v) is 15.1. The van der Waals surface area contributed by atoms with Crippen LogP contribution < -0.4 is 5.32 Å². The van der Waals surface area contributed by atoms with E-state index in [4.69, 9.17) is 4.43 Å². The summed E-state index contributed by atoms with van der Waals surface area (Å²) in [4.78, 5) is 4.42. The Morgan fingerprint density at radius 3 is 2.53 bits per heavy atom. The summed E-state index contributed by atoms with van der Waals surface area (Å²) in [5.41, 5.74) is 1.08. The predicted octanol–water partition coefficient (Wildman–Crippen LogP) is 4.66. The first-order valence-electron chi connectivity index (χ1n) is 6.94. The fourth-order valence-corrected chi connectivity index (χ4v) is 3.27. The third-order valence-corrected chi connectivity index (χ3v) is 9.24. The summed E-state index contributed by atoms with van der Waals surface area (Å²) in [6.45, 7) is 16.5. The standard InChI is InChI=1S/C14H28N2OSSi/c1-11(15-13-16-12(2)10-18-13)8-9-17-19(6,7)14(3,4)5/h10-11H,8-9H2,1-7H3,(H,15,16). The van der Waals surface area contributed by atoms with E-state index in [0.29, 0.717) is 6.04 Å². The molecule has 1 atom stereocenters. The van der Waals surface area contributed by atoms with E-state index in [2.05, 4.69) is 56.5 Å². The van der Waals surface area contributed by atoms with Crippen LogP contribution in [-0.2, 0) is 4.43 Å². The molecule has 1 heterocycles. The van der Waals surface area contributed by atoms with Gasteiger partial charge in [-0.15, -0.1) is 11.3 Å². The average molecular weight is 301 g/mol. The summed E-state index contributed by atoms with van der Waals surface area (Å²) >= 11 is 1.67. The van der Waals surface area contributed by atoms with Crippen molar-refractivity contribution in [3.8, 4) is 0 Å². The van der Waals surface area contributed by atoms with Crippen molar-refractivity contribution in [1.82, 2.24) is 4.98 Å². The highest BCUT2D eigenvalue weighted by Gasteiger charge is 2.36. The van der Waals surface area contributed by atoms with Crippen molar-refractivity contribution in [3.63, 3.8) is 0 Å². The summed E-state index contributed by atoms with van der Waals surface area (Å²) < 4.78 is 6.19. The van der Waals surface area contributed by atoms with Crippen LogP contribution in [0.25, 0.3) is 0 Å². The molecule has 0 spiro atoms. The normalized spacial score (nSPS) is 14.5. The number of rotatable bonds is 6. The number of aryl methyl sites for hydroxylation is 1. The van der Waals surface area contributed by atoms with Gasteiger partial charge in [0.15, 0.2) is 13.4 Å². The van der Waals surface area contributed by atoms with Gasteiger partial charge in [0.2, 0.25) is 0 Å². The molecule has 5 heteroatoms. The van der Waals surface area contributed by atoms with Crippen LogP contribution in [0.1, 0.15) is 39.8 Å². The number of hydrogen-bond acceptors (Lipinski definition) is 4. The first-order chi connectivity index (χ1) is 8.62. The minimum absolute atomic E-state index is 0.288. The van der Waals surface area contributed by atoms with E-state index in [1.807, 2.05) is 6.92 Å². The number of thiazole rings is 1. The monoisotopic (exact) mass is 300 g/mol. The Balaban J connectivity index is 2.33. The first-order valence-corrected chi connectivity index (χ1v) is 10.7. The lowest BCUT2D eigenvalue weighted by molar-refractivity contribution is 0.277. The van der Waals surface area contributed by atoms with E-state index in [9.17, 15) is 0 Å². The molecule has 0 amide bonds. The quantitative estimate of drug-likeness (QED) is 0.776. The lowest BCUT2D eigenvalue weighted by Gasteiger charge is -2.36. The smallest absolute Gasteiger partial charge is 0.191 e. The molecule has 19 heavy (non-hydrogen) atoms. The molecule has 0 aliphatic carbocycles. The number of anilines is 1. The highest BCUT2D eigenvalue weighted by Crippen LogP contribution is 2.36. The van der Waals surface area contributed by atoms with E-state index in [0.717, 1.165) is 23.9 Å². The van der Waals surface area contributed by atoms with Gasteiger partial charge in [0.1, 0.15) is 0 Å². The van der Waals surface area contributed by atoms with Crippen molar-refractivity contribution < 1.29 is 4.43 Å². The largest absolute Gasteiger partial charge is 0.417 e. The summed E-state index contributed by atoms with van der Waals surface area (Å²) in [6, 6.07) is 0.398. The van der Waals surface area contributed by atoms with Crippen molar-refractivity contribution in [2.24, 2.45) is 0 Å². The lowest BCUT2D eigenvalue weighted by atomic mass is 10.2. The third-order valence-electron chi connectivity index (χ3n) is 3.81. The van der Waals surface area contributed by atoms with E-state index >= 15 is 0 Å². The second-order valence-electron chi connectivity index (χ2n) is 6.74. The Morgan fingerprint density at radius 1 is 1.42 bits per heavy atom. The van der Waals surface area contributed by atoms with Crippen LogP contribution in [0, 0.1) is 6.92 Å². The van der Waals surface area contributed by atoms with Crippen LogP contribution >= 0.6 is 11.3 Å². The topological polar surface area (TPSA) is 34.1 Å². The molecular weight excluding hydrogens is 272 g/mol. The molecule has 0 saturated carbocycles. The van der Waals surface area contributed by atoms with E-state index in [1.54, 1.807) is 11.3 Å². The van der Waals surface area contributed by atoms with Gasteiger partial charge in [-0.3, -0.25) is 0 Å². The van der Waals surface area contributed by atoms with Crippen LogP contribution in [0.3, 0.4) is 0 Å². The van der Waals surface area contributed by atoms with Gasteiger partial charge in [0.25, 0.3) is 0 Å². The minimum atomic E-state index is -1.60. The molecule has 110 valence electrons. The second-order valence-corrected chi connectivity index (χ2v) is 12.4. The predicted molar refractivity (Wildman–Crippen MR) is 87.7 cm³/mol. The number of hydrogen-bond donors (Lipinski definition) is 1. The molecule has 0 aliphatic rings. The van der Waals surface area contributed by atoms with Gasteiger partial charge in [-0.1, -0.05) is 20.8 Å². The summed E-state index contributed by atoms with van der Waals surface area (Å²) in [7, 11) is -1.60. The van der Waals surface area contributed by atoms with Gasteiger partial charge in [0, 0.05) is 18.0 Å². The van der Waals surface area contributed by atoms with Crippen molar-refractivity contribution >= 4 is 24.8 Å². The van der Waals surface area contributed by atoms with Crippen LogP contribution in [0.4, 0.5) is 5.13 Å². The Hall–Kier alpha value is -0.393. The van der Waals surface area contributed by atoms with Crippen LogP contribution in [0.5, 0.6) is 0 Å². The molecule has 0 radical (unpaired) electrons. The molecule has 1 aromatic heterocycles. The Morgan fingerprint density at radius 2 is 2.05 bits per heavy atom. The van der Waals surface area contributed by atoms with Gasteiger partial charge in [0.05, 0.1) is 5.69 Å². The Bertz CT molecular complexity index is 398.